The number of hydrogen-bond donors (Lipinski definition) is 1. The van der Waals surface area contributed by atoms with Gasteiger partial charge in [-0.25, -0.2) is 0 Å². The molecule has 0 aromatic rings. The summed E-state index contributed by atoms with van der Waals surface area (Å²) >= 11 is 0. The van der Waals surface area contributed by atoms with Gasteiger partial charge in [0.05, 0.1) is 19.8 Å². The molecule has 1 amide bonds. The van der Waals surface area contributed by atoms with E-state index in [4.69, 9.17) is 9.47 Å². The van der Waals surface area contributed by atoms with Gasteiger partial charge in [-0.1, -0.05) is 0 Å². The van der Waals surface area contributed by atoms with E-state index in [9.17, 15) is 4.79 Å². The lowest BCUT2D eigenvalue weighted by atomic mass is 10.2. The Kier molecular flexibility index (Phi) is 5.73. The molecule has 1 N–H and O–H groups in total. The van der Waals surface area contributed by atoms with Gasteiger partial charge in [0, 0.05) is 26.2 Å². The topological polar surface area (TPSA) is 50.8 Å². The number of hydrogen-bond acceptors (Lipinski definition) is 4. The summed E-state index contributed by atoms with van der Waals surface area (Å²) in [6.07, 6.45) is 0. The highest BCUT2D eigenvalue weighted by molar-refractivity contribution is 5.82. The molecule has 0 aromatic heterocycles. The standard InChI is InChI=1S/C11H22N2O3/c1-9(2)13(5-7-15-3)11(14)10-8-16-6-4-12-10/h9-10,12H,4-8H2,1-3H3. The van der Waals surface area contributed by atoms with E-state index in [1.807, 2.05) is 18.7 Å². The maximum absolute atomic E-state index is 12.2. The second-order valence-electron chi connectivity index (χ2n) is 4.20. The molecule has 0 radical (unpaired) electrons. The Morgan fingerprint density at radius 2 is 2.38 bits per heavy atom. The van der Waals surface area contributed by atoms with Crippen LogP contribution in [-0.2, 0) is 14.3 Å². The Morgan fingerprint density at radius 3 is 2.88 bits per heavy atom. The number of amides is 1. The number of carbonyl (C=O) groups excluding carboxylic acids is 1. The minimum absolute atomic E-state index is 0.103. The van der Waals surface area contributed by atoms with Gasteiger partial charge in [-0.05, 0) is 13.8 Å². The number of rotatable bonds is 5. The quantitative estimate of drug-likeness (QED) is 0.714. The van der Waals surface area contributed by atoms with Crippen LogP contribution in [0.4, 0.5) is 0 Å². The normalized spacial score (nSPS) is 21.1. The van der Waals surface area contributed by atoms with Crippen molar-refractivity contribution in [2.24, 2.45) is 0 Å². The van der Waals surface area contributed by atoms with Crippen LogP contribution in [0.3, 0.4) is 0 Å². The van der Waals surface area contributed by atoms with Crippen molar-refractivity contribution >= 4 is 5.91 Å². The largest absolute Gasteiger partial charge is 0.383 e. The predicted molar refractivity (Wildman–Crippen MR) is 61.3 cm³/mol. The molecule has 1 aliphatic heterocycles. The zero-order valence-corrected chi connectivity index (χ0v) is 10.4. The lowest BCUT2D eigenvalue weighted by Gasteiger charge is -2.32. The van der Waals surface area contributed by atoms with Crippen molar-refractivity contribution in [3.8, 4) is 0 Å². The number of ether oxygens (including phenoxy) is 2. The molecule has 1 aliphatic rings. The van der Waals surface area contributed by atoms with Crippen molar-refractivity contribution in [1.29, 1.82) is 0 Å². The molecule has 0 aliphatic carbocycles. The van der Waals surface area contributed by atoms with Crippen molar-refractivity contribution < 1.29 is 14.3 Å². The Balaban J connectivity index is 2.51. The molecule has 16 heavy (non-hydrogen) atoms. The van der Waals surface area contributed by atoms with Gasteiger partial charge in [0.1, 0.15) is 6.04 Å². The first-order chi connectivity index (χ1) is 7.66. The lowest BCUT2D eigenvalue weighted by molar-refractivity contribution is -0.138. The van der Waals surface area contributed by atoms with Crippen LogP contribution in [0, 0.1) is 0 Å². The van der Waals surface area contributed by atoms with Crippen LogP contribution in [0.15, 0.2) is 0 Å². The minimum atomic E-state index is -0.201. The fourth-order valence-corrected chi connectivity index (χ4v) is 1.74. The van der Waals surface area contributed by atoms with Crippen LogP contribution >= 0.6 is 0 Å². The average Bonchev–Trinajstić information content (AvgIpc) is 2.30. The maximum Gasteiger partial charge on any atom is 0.242 e. The van der Waals surface area contributed by atoms with E-state index in [-0.39, 0.29) is 18.0 Å². The highest BCUT2D eigenvalue weighted by Crippen LogP contribution is 2.04. The average molecular weight is 230 g/mol. The van der Waals surface area contributed by atoms with Gasteiger partial charge in [-0.15, -0.1) is 0 Å². The van der Waals surface area contributed by atoms with E-state index >= 15 is 0 Å². The van der Waals surface area contributed by atoms with Crippen LogP contribution in [-0.4, -0.2) is 62.9 Å². The van der Waals surface area contributed by atoms with Gasteiger partial charge in [0.15, 0.2) is 0 Å². The summed E-state index contributed by atoms with van der Waals surface area (Å²) in [5.74, 6) is 0.103. The summed E-state index contributed by atoms with van der Waals surface area (Å²) in [5, 5.41) is 3.17. The highest BCUT2D eigenvalue weighted by Gasteiger charge is 2.27. The summed E-state index contributed by atoms with van der Waals surface area (Å²) < 4.78 is 10.3. The van der Waals surface area contributed by atoms with Crippen molar-refractivity contribution in [3.05, 3.63) is 0 Å². The molecule has 1 unspecified atom stereocenters. The first-order valence-corrected chi connectivity index (χ1v) is 5.77. The van der Waals surface area contributed by atoms with E-state index in [1.165, 1.54) is 0 Å². The van der Waals surface area contributed by atoms with E-state index in [1.54, 1.807) is 7.11 Å². The van der Waals surface area contributed by atoms with Crippen molar-refractivity contribution in [2.75, 3.05) is 40.0 Å². The molecular weight excluding hydrogens is 208 g/mol. The van der Waals surface area contributed by atoms with Gasteiger partial charge < -0.3 is 19.7 Å². The van der Waals surface area contributed by atoms with Crippen LogP contribution in [0.5, 0.6) is 0 Å². The molecule has 0 bridgehead atoms. The third-order valence-electron chi connectivity index (χ3n) is 2.66. The summed E-state index contributed by atoms with van der Waals surface area (Å²) in [7, 11) is 1.64. The minimum Gasteiger partial charge on any atom is -0.383 e. The molecule has 1 saturated heterocycles. The van der Waals surface area contributed by atoms with Crippen LogP contribution < -0.4 is 5.32 Å². The van der Waals surface area contributed by atoms with Gasteiger partial charge in [-0.3, -0.25) is 4.79 Å². The maximum atomic E-state index is 12.2. The molecular formula is C11H22N2O3. The first-order valence-electron chi connectivity index (χ1n) is 5.77. The van der Waals surface area contributed by atoms with E-state index in [0.29, 0.717) is 26.4 Å². The third kappa shape index (κ3) is 3.73. The van der Waals surface area contributed by atoms with Gasteiger partial charge in [-0.2, -0.15) is 0 Å². The van der Waals surface area contributed by atoms with Crippen LogP contribution in [0.25, 0.3) is 0 Å². The molecule has 5 heteroatoms. The van der Waals surface area contributed by atoms with Crippen molar-refractivity contribution in [1.82, 2.24) is 10.2 Å². The molecule has 1 heterocycles. The first kappa shape index (κ1) is 13.4. The molecule has 0 spiro atoms. The number of nitrogens with zero attached hydrogens (tertiary/aromatic N) is 1. The molecule has 1 rings (SSSR count). The summed E-state index contributed by atoms with van der Waals surface area (Å²) in [6, 6.07) is -0.0145. The van der Waals surface area contributed by atoms with Gasteiger partial charge in [0.25, 0.3) is 0 Å². The fourth-order valence-electron chi connectivity index (χ4n) is 1.74. The lowest BCUT2D eigenvalue weighted by Crippen LogP contribution is -2.54. The fraction of sp³-hybridized carbons (Fsp3) is 0.909. The summed E-state index contributed by atoms with van der Waals surface area (Å²) in [6.45, 7) is 7.11. The second kappa shape index (κ2) is 6.83. The Bertz CT molecular complexity index is 215. The molecule has 1 fully saturated rings. The molecule has 0 saturated carbocycles. The smallest absolute Gasteiger partial charge is 0.242 e. The van der Waals surface area contributed by atoms with Gasteiger partial charge >= 0.3 is 0 Å². The van der Waals surface area contributed by atoms with Crippen molar-refractivity contribution in [2.45, 2.75) is 25.9 Å². The van der Waals surface area contributed by atoms with E-state index in [2.05, 4.69) is 5.32 Å². The number of carbonyl (C=O) groups is 1. The van der Waals surface area contributed by atoms with Gasteiger partial charge in [0.2, 0.25) is 5.91 Å². The Morgan fingerprint density at radius 1 is 1.62 bits per heavy atom. The zero-order valence-electron chi connectivity index (χ0n) is 10.4. The molecule has 5 nitrogen and oxygen atoms in total. The number of methoxy groups -OCH3 is 1. The SMILES string of the molecule is COCCN(C(=O)C1COCCN1)C(C)C. The van der Waals surface area contributed by atoms with Crippen LogP contribution in [0.1, 0.15) is 13.8 Å². The highest BCUT2D eigenvalue weighted by atomic mass is 16.5. The molecule has 94 valence electrons. The Hall–Kier alpha value is -0.650. The molecule has 1 atom stereocenters. The zero-order chi connectivity index (χ0) is 12.0. The summed E-state index contributed by atoms with van der Waals surface area (Å²) in [4.78, 5) is 14.0. The molecule has 0 aromatic carbocycles. The second-order valence-corrected chi connectivity index (χ2v) is 4.20. The number of morpholine rings is 1. The van der Waals surface area contributed by atoms with Crippen molar-refractivity contribution in [3.63, 3.8) is 0 Å². The van der Waals surface area contributed by atoms with Crippen LogP contribution in [0.2, 0.25) is 0 Å². The third-order valence-corrected chi connectivity index (χ3v) is 2.66. The van der Waals surface area contributed by atoms with E-state index in [0.717, 1.165) is 6.54 Å². The predicted octanol–water partition coefficient (Wildman–Crippen LogP) is -0.142. The Labute approximate surface area is 97.1 Å². The number of nitrogens with one attached hydrogen (secondary N) is 1. The van der Waals surface area contributed by atoms with E-state index < -0.39 is 0 Å². The summed E-state index contributed by atoms with van der Waals surface area (Å²) in [5.41, 5.74) is 0. The monoisotopic (exact) mass is 230 g/mol.